The Morgan fingerprint density at radius 1 is 1.03 bits per heavy atom. The molecule has 31 heavy (non-hydrogen) atoms. The number of hydrogen-bond acceptors (Lipinski definition) is 5. The van der Waals surface area contributed by atoms with Crippen molar-refractivity contribution >= 4 is 22.5 Å². The quantitative estimate of drug-likeness (QED) is 0.497. The van der Waals surface area contributed by atoms with Gasteiger partial charge in [-0.15, -0.1) is 0 Å². The maximum absolute atomic E-state index is 12.8. The normalized spacial score (nSPS) is 11.1. The molecule has 8 heteroatoms. The molecular formula is C23H24N4O4. The highest BCUT2D eigenvalue weighted by atomic mass is 16.5. The second kappa shape index (κ2) is 8.51. The molecule has 0 bridgehead atoms. The fourth-order valence-corrected chi connectivity index (χ4v) is 3.66. The second-order valence-corrected chi connectivity index (χ2v) is 6.98. The van der Waals surface area contributed by atoms with Crippen LogP contribution in [0.5, 0.6) is 11.5 Å². The van der Waals surface area contributed by atoms with Crippen molar-refractivity contribution in [2.75, 3.05) is 13.7 Å². The third-order valence-corrected chi connectivity index (χ3v) is 5.16. The summed E-state index contributed by atoms with van der Waals surface area (Å²) < 4.78 is 14.2. The minimum atomic E-state index is -0.230. The molecule has 4 aromatic rings. The average Bonchev–Trinajstić information content (AvgIpc) is 3.28. The van der Waals surface area contributed by atoms with Crippen LogP contribution in [0, 0.1) is 0 Å². The summed E-state index contributed by atoms with van der Waals surface area (Å²) in [5.41, 5.74) is 3.18. The number of fused-ring (bicyclic) bond motifs is 3. The molecule has 1 N–H and O–H groups in total. The number of carbonyl (C=O) groups excluding carboxylic acids is 1. The van der Waals surface area contributed by atoms with Gasteiger partial charge in [-0.1, -0.05) is 6.07 Å². The number of nitrogens with zero attached hydrogens (tertiary/aromatic N) is 3. The van der Waals surface area contributed by atoms with Crippen molar-refractivity contribution in [1.82, 2.24) is 19.5 Å². The summed E-state index contributed by atoms with van der Waals surface area (Å²) in [6.07, 6.45) is 1.60. The molecule has 0 unspecified atom stereocenters. The van der Waals surface area contributed by atoms with Gasteiger partial charge in [-0.3, -0.25) is 9.59 Å². The number of amides is 1. The van der Waals surface area contributed by atoms with E-state index in [-0.39, 0.29) is 11.5 Å². The zero-order valence-electron chi connectivity index (χ0n) is 17.7. The van der Waals surface area contributed by atoms with Gasteiger partial charge < -0.3 is 19.4 Å². The summed E-state index contributed by atoms with van der Waals surface area (Å²) >= 11 is 0. The van der Waals surface area contributed by atoms with Crippen LogP contribution >= 0.6 is 0 Å². The maximum Gasteiger partial charge on any atom is 0.277 e. The molecule has 0 spiro atoms. The van der Waals surface area contributed by atoms with Crippen LogP contribution in [0.3, 0.4) is 0 Å². The fourth-order valence-electron chi connectivity index (χ4n) is 3.66. The van der Waals surface area contributed by atoms with Crippen LogP contribution in [0.2, 0.25) is 0 Å². The lowest BCUT2D eigenvalue weighted by Gasteiger charge is -2.13. The molecule has 8 nitrogen and oxygen atoms in total. The second-order valence-electron chi connectivity index (χ2n) is 6.98. The molecule has 0 aliphatic rings. The van der Waals surface area contributed by atoms with E-state index >= 15 is 0 Å². The molecule has 4 rings (SSSR count). The molecule has 0 atom stereocenters. The molecule has 0 aliphatic carbocycles. The zero-order valence-corrected chi connectivity index (χ0v) is 17.7. The van der Waals surface area contributed by atoms with Crippen molar-refractivity contribution in [3.05, 3.63) is 70.1 Å². The van der Waals surface area contributed by atoms with Gasteiger partial charge in [0.1, 0.15) is 5.52 Å². The topological polar surface area (TPSA) is 86.9 Å². The number of ether oxygens (including phenoxy) is 2. The standard InChI is InChI=1S/C23H24N4O4/c1-4-26-19-13-16(7-8-17(19)27-18(23(26)29)10-11-25-27)22(28)24-14-15-6-9-20(30-3)21(12-15)31-5-2/h6-13H,4-5,14H2,1-3H3,(H,24,28). The number of aryl methyl sites for hydroxylation is 1. The first kappa shape index (κ1) is 20.5. The van der Waals surface area contributed by atoms with Crippen LogP contribution in [0.1, 0.15) is 29.8 Å². The van der Waals surface area contributed by atoms with E-state index in [9.17, 15) is 9.59 Å². The van der Waals surface area contributed by atoms with E-state index in [1.807, 2.05) is 38.1 Å². The van der Waals surface area contributed by atoms with Gasteiger partial charge in [-0.25, -0.2) is 4.52 Å². The van der Waals surface area contributed by atoms with Gasteiger partial charge in [-0.2, -0.15) is 5.10 Å². The summed E-state index contributed by atoms with van der Waals surface area (Å²) in [6, 6.07) is 12.5. The number of methoxy groups -OCH3 is 1. The minimum Gasteiger partial charge on any atom is -0.493 e. The molecule has 0 saturated carbocycles. The molecule has 0 aliphatic heterocycles. The fraction of sp³-hybridized carbons (Fsp3) is 0.261. The number of rotatable bonds is 7. The Bertz CT molecular complexity index is 1320. The largest absolute Gasteiger partial charge is 0.493 e. The van der Waals surface area contributed by atoms with E-state index < -0.39 is 0 Å². The van der Waals surface area contributed by atoms with Gasteiger partial charge in [0.05, 0.1) is 30.9 Å². The molecular weight excluding hydrogens is 396 g/mol. The van der Waals surface area contributed by atoms with Crippen molar-refractivity contribution < 1.29 is 14.3 Å². The minimum absolute atomic E-state index is 0.133. The van der Waals surface area contributed by atoms with E-state index in [2.05, 4.69) is 10.4 Å². The summed E-state index contributed by atoms with van der Waals surface area (Å²) in [5.74, 6) is 1.05. The Morgan fingerprint density at radius 2 is 1.87 bits per heavy atom. The lowest BCUT2D eigenvalue weighted by atomic mass is 10.1. The maximum atomic E-state index is 12.8. The first-order valence-electron chi connectivity index (χ1n) is 10.2. The van der Waals surface area contributed by atoms with Crippen LogP contribution in [0.25, 0.3) is 16.6 Å². The highest BCUT2D eigenvalue weighted by Crippen LogP contribution is 2.28. The van der Waals surface area contributed by atoms with Gasteiger partial charge >= 0.3 is 0 Å². The van der Waals surface area contributed by atoms with E-state index in [0.29, 0.717) is 47.8 Å². The van der Waals surface area contributed by atoms with Crippen LogP contribution < -0.4 is 20.3 Å². The van der Waals surface area contributed by atoms with Crippen LogP contribution in [0.15, 0.2) is 53.5 Å². The van der Waals surface area contributed by atoms with Crippen LogP contribution in [-0.4, -0.2) is 33.8 Å². The first-order valence-corrected chi connectivity index (χ1v) is 10.2. The number of nitrogens with one attached hydrogen (secondary N) is 1. The van der Waals surface area contributed by atoms with Crippen molar-refractivity contribution in [2.24, 2.45) is 0 Å². The number of carbonyl (C=O) groups is 1. The van der Waals surface area contributed by atoms with Crippen molar-refractivity contribution in [1.29, 1.82) is 0 Å². The summed E-state index contributed by atoms with van der Waals surface area (Å²) in [6.45, 7) is 5.15. The lowest BCUT2D eigenvalue weighted by molar-refractivity contribution is 0.0951. The predicted molar refractivity (Wildman–Crippen MR) is 118 cm³/mol. The SMILES string of the molecule is CCOc1cc(CNC(=O)c2ccc3c(c2)n(CC)c(=O)c2ccnn23)ccc1OC. The highest BCUT2D eigenvalue weighted by Gasteiger charge is 2.14. The van der Waals surface area contributed by atoms with Gasteiger partial charge in [0, 0.05) is 18.7 Å². The van der Waals surface area contributed by atoms with Crippen LogP contribution in [-0.2, 0) is 13.1 Å². The molecule has 160 valence electrons. The Hall–Kier alpha value is -3.81. The van der Waals surface area contributed by atoms with E-state index in [1.54, 1.807) is 40.6 Å². The lowest BCUT2D eigenvalue weighted by Crippen LogP contribution is -2.25. The predicted octanol–water partition coefficient (Wildman–Crippen LogP) is 3.01. The molecule has 2 aromatic heterocycles. The molecule has 0 radical (unpaired) electrons. The Kier molecular flexibility index (Phi) is 5.62. The van der Waals surface area contributed by atoms with E-state index in [4.69, 9.17) is 9.47 Å². The smallest absolute Gasteiger partial charge is 0.277 e. The van der Waals surface area contributed by atoms with Crippen molar-refractivity contribution in [3.8, 4) is 11.5 Å². The Morgan fingerprint density at radius 3 is 2.61 bits per heavy atom. The molecule has 1 amide bonds. The van der Waals surface area contributed by atoms with Crippen molar-refractivity contribution in [3.63, 3.8) is 0 Å². The van der Waals surface area contributed by atoms with Crippen LogP contribution in [0.4, 0.5) is 0 Å². The first-order chi connectivity index (χ1) is 15.1. The summed E-state index contributed by atoms with van der Waals surface area (Å²) in [7, 11) is 1.59. The summed E-state index contributed by atoms with van der Waals surface area (Å²) in [5, 5.41) is 7.18. The van der Waals surface area contributed by atoms with Gasteiger partial charge in [0.25, 0.3) is 11.5 Å². The monoisotopic (exact) mass is 420 g/mol. The third kappa shape index (κ3) is 3.72. The molecule has 0 fully saturated rings. The Labute approximate surface area is 179 Å². The third-order valence-electron chi connectivity index (χ3n) is 5.16. The van der Waals surface area contributed by atoms with E-state index in [1.165, 1.54) is 0 Å². The Balaban J connectivity index is 1.62. The van der Waals surface area contributed by atoms with Gasteiger partial charge in [0.15, 0.2) is 11.5 Å². The van der Waals surface area contributed by atoms with Gasteiger partial charge in [0.2, 0.25) is 0 Å². The molecule has 2 heterocycles. The zero-order chi connectivity index (χ0) is 22.0. The van der Waals surface area contributed by atoms with E-state index in [0.717, 1.165) is 11.1 Å². The number of aromatic nitrogens is 3. The molecule has 2 aromatic carbocycles. The number of hydrogen-bond donors (Lipinski definition) is 1. The van der Waals surface area contributed by atoms with Crippen molar-refractivity contribution in [2.45, 2.75) is 26.9 Å². The average molecular weight is 420 g/mol. The van der Waals surface area contributed by atoms with Gasteiger partial charge in [-0.05, 0) is 55.8 Å². The molecule has 0 saturated heterocycles. The summed E-state index contributed by atoms with van der Waals surface area (Å²) in [4.78, 5) is 25.6. The number of benzene rings is 2. The highest BCUT2D eigenvalue weighted by molar-refractivity contribution is 5.97.